The minimum Gasteiger partial charge on any atom is -0.496 e. The number of carbonyl (C=O) groups excluding carboxylic acids is 1. The van der Waals surface area contributed by atoms with Crippen LogP contribution in [0.4, 0.5) is 0 Å². The van der Waals surface area contributed by atoms with E-state index in [9.17, 15) is 9.59 Å². The van der Waals surface area contributed by atoms with Crippen molar-refractivity contribution in [2.75, 3.05) is 14.2 Å². The van der Waals surface area contributed by atoms with Gasteiger partial charge in [-0.3, -0.25) is 4.79 Å². The van der Waals surface area contributed by atoms with E-state index in [1.807, 2.05) is 0 Å². The van der Waals surface area contributed by atoms with Crippen LogP contribution in [0.5, 0.6) is 5.75 Å². The van der Waals surface area contributed by atoms with Gasteiger partial charge in [0.05, 0.1) is 20.1 Å². The molecule has 2 aromatic rings. The van der Waals surface area contributed by atoms with Gasteiger partial charge in [0.15, 0.2) is 0 Å². The number of nitrogens with zero attached hydrogens (tertiary/aromatic N) is 1. The average Bonchev–Trinajstić information content (AvgIpc) is 2.88. The summed E-state index contributed by atoms with van der Waals surface area (Å²) in [4.78, 5) is 24.9. The second-order valence-electron chi connectivity index (χ2n) is 5.37. The molecule has 1 aromatic heterocycles. The van der Waals surface area contributed by atoms with Crippen molar-refractivity contribution in [3.8, 4) is 5.75 Å². The number of hydrogen-bond acceptors (Lipinski definition) is 4. The number of benzene rings is 1. The van der Waals surface area contributed by atoms with Gasteiger partial charge in [0.2, 0.25) is 5.91 Å². The molecule has 24 heavy (non-hydrogen) atoms. The van der Waals surface area contributed by atoms with E-state index in [2.05, 4.69) is 0 Å². The first kappa shape index (κ1) is 17.9. The third-order valence-electron chi connectivity index (χ3n) is 3.60. The highest BCUT2D eigenvalue weighted by Gasteiger charge is 2.18. The predicted octanol–water partition coefficient (Wildman–Crippen LogP) is 3.15. The van der Waals surface area contributed by atoms with Gasteiger partial charge in [-0.2, -0.15) is 0 Å². The average molecular weight is 352 g/mol. The molecule has 0 bridgehead atoms. The minimum absolute atomic E-state index is 0.0994. The number of carboxylic acid groups (broad SMARTS) is 1. The summed E-state index contributed by atoms with van der Waals surface area (Å²) in [5, 5.41) is 9.56. The molecule has 1 heterocycles. The number of furan rings is 1. The number of likely N-dealkylation sites (N-methyl/N-ethyl adjacent to an activating group) is 1. The summed E-state index contributed by atoms with van der Waals surface area (Å²) in [5.41, 5.74) is 0.783. The van der Waals surface area contributed by atoms with Gasteiger partial charge in [0, 0.05) is 17.6 Å². The lowest BCUT2D eigenvalue weighted by Gasteiger charge is -2.17. The lowest BCUT2D eigenvalue weighted by Crippen LogP contribution is -2.27. The maximum atomic E-state index is 12.4. The highest BCUT2D eigenvalue weighted by atomic mass is 35.5. The molecule has 6 nitrogen and oxygen atoms in total. The molecule has 0 spiro atoms. The smallest absolute Gasteiger partial charge is 0.339 e. The molecule has 1 amide bonds. The Balaban J connectivity index is 2.09. The number of carboxylic acids is 1. The topological polar surface area (TPSA) is 80.0 Å². The molecular weight excluding hydrogens is 334 g/mol. The highest BCUT2D eigenvalue weighted by molar-refractivity contribution is 6.30. The van der Waals surface area contributed by atoms with Gasteiger partial charge < -0.3 is 19.2 Å². The van der Waals surface area contributed by atoms with Crippen LogP contribution in [0, 0.1) is 6.92 Å². The summed E-state index contributed by atoms with van der Waals surface area (Å²) in [6, 6.07) is 6.52. The summed E-state index contributed by atoms with van der Waals surface area (Å²) < 4.78 is 10.6. The third-order valence-corrected chi connectivity index (χ3v) is 3.84. The predicted molar refractivity (Wildman–Crippen MR) is 88.6 cm³/mol. The first-order chi connectivity index (χ1) is 11.3. The first-order valence-electron chi connectivity index (χ1n) is 7.20. The number of aromatic carboxylic acids is 1. The summed E-state index contributed by atoms with van der Waals surface area (Å²) in [5.74, 6) is 0.0958. The normalized spacial score (nSPS) is 10.5. The highest BCUT2D eigenvalue weighted by Crippen LogP contribution is 2.24. The Bertz CT molecular complexity index is 768. The Morgan fingerprint density at radius 3 is 2.62 bits per heavy atom. The number of carbonyl (C=O) groups is 2. The molecule has 0 unspecified atom stereocenters. The van der Waals surface area contributed by atoms with Crippen LogP contribution in [0.15, 0.2) is 28.7 Å². The van der Waals surface area contributed by atoms with E-state index in [-0.39, 0.29) is 24.4 Å². The van der Waals surface area contributed by atoms with Crippen molar-refractivity contribution in [2.45, 2.75) is 19.9 Å². The number of halogens is 1. The van der Waals surface area contributed by atoms with E-state index in [1.54, 1.807) is 32.2 Å². The Hall–Kier alpha value is -2.47. The lowest BCUT2D eigenvalue weighted by molar-refractivity contribution is -0.129. The van der Waals surface area contributed by atoms with Gasteiger partial charge in [0.1, 0.15) is 22.8 Å². The standard InChI is InChI=1S/C17H18ClNO5/c1-10-14(17(21)22)8-13(24-10)9-19(2)16(20)7-11-6-12(18)4-5-15(11)23-3/h4-6,8H,7,9H2,1-3H3,(H,21,22). The van der Waals surface area contributed by atoms with Crippen molar-refractivity contribution in [3.63, 3.8) is 0 Å². The van der Waals surface area contributed by atoms with Crippen molar-refractivity contribution in [1.29, 1.82) is 0 Å². The molecule has 1 N–H and O–H groups in total. The van der Waals surface area contributed by atoms with Gasteiger partial charge in [-0.05, 0) is 31.2 Å². The van der Waals surface area contributed by atoms with E-state index in [0.717, 1.165) is 0 Å². The molecule has 0 saturated heterocycles. The SMILES string of the molecule is COc1ccc(Cl)cc1CC(=O)N(C)Cc1cc(C(=O)O)c(C)o1. The molecule has 0 aliphatic heterocycles. The van der Waals surface area contributed by atoms with E-state index in [4.69, 9.17) is 25.9 Å². The van der Waals surface area contributed by atoms with Gasteiger partial charge in [0.25, 0.3) is 0 Å². The first-order valence-corrected chi connectivity index (χ1v) is 7.58. The molecule has 0 aliphatic rings. The number of aryl methyl sites for hydroxylation is 1. The largest absolute Gasteiger partial charge is 0.496 e. The van der Waals surface area contributed by atoms with Crippen LogP contribution in [0.3, 0.4) is 0 Å². The fraction of sp³-hybridized carbons (Fsp3) is 0.294. The van der Waals surface area contributed by atoms with Gasteiger partial charge in [-0.1, -0.05) is 11.6 Å². The lowest BCUT2D eigenvalue weighted by atomic mass is 10.1. The maximum Gasteiger partial charge on any atom is 0.339 e. The Morgan fingerprint density at radius 2 is 2.04 bits per heavy atom. The summed E-state index contributed by atoms with van der Waals surface area (Å²) >= 11 is 5.97. The second-order valence-corrected chi connectivity index (χ2v) is 5.81. The molecule has 7 heteroatoms. The Morgan fingerprint density at radius 1 is 1.33 bits per heavy atom. The molecule has 1 aromatic carbocycles. The molecule has 0 aliphatic carbocycles. The molecular formula is C17H18ClNO5. The number of hydrogen-bond donors (Lipinski definition) is 1. The van der Waals surface area contributed by atoms with E-state index < -0.39 is 5.97 Å². The Labute approximate surface area is 144 Å². The third kappa shape index (κ3) is 4.08. The molecule has 0 radical (unpaired) electrons. The van der Waals surface area contributed by atoms with Crippen molar-refractivity contribution >= 4 is 23.5 Å². The summed E-state index contributed by atoms with van der Waals surface area (Å²) in [7, 11) is 3.15. The molecule has 0 fully saturated rings. The maximum absolute atomic E-state index is 12.4. The minimum atomic E-state index is -1.06. The van der Waals surface area contributed by atoms with Gasteiger partial charge in [-0.25, -0.2) is 4.79 Å². The monoisotopic (exact) mass is 351 g/mol. The van der Waals surface area contributed by atoms with Crippen LogP contribution in [-0.4, -0.2) is 36.0 Å². The zero-order chi connectivity index (χ0) is 17.9. The molecule has 128 valence electrons. The van der Waals surface area contributed by atoms with Crippen molar-refractivity contribution < 1.29 is 23.8 Å². The van der Waals surface area contributed by atoms with Gasteiger partial charge in [-0.15, -0.1) is 0 Å². The number of methoxy groups -OCH3 is 1. The summed E-state index contributed by atoms with van der Waals surface area (Å²) in [6.45, 7) is 1.75. The number of rotatable bonds is 6. The zero-order valence-electron chi connectivity index (χ0n) is 13.6. The van der Waals surface area contributed by atoms with Crippen molar-refractivity contribution in [3.05, 3.63) is 51.9 Å². The van der Waals surface area contributed by atoms with Gasteiger partial charge >= 0.3 is 5.97 Å². The van der Waals surface area contributed by atoms with Crippen LogP contribution in [-0.2, 0) is 17.8 Å². The van der Waals surface area contributed by atoms with E-state index in [0.29, 0.717) is 27.9 Å². The fourth-order valence-electron chi connectivity index (χ4n) is 2.34. The Kier molecular flexibility index (Phi) is 5.51. The second kappa shape index (κ2) is 7.40. The van der Waals surface area contributed by atoms with E-state index >= 15 is 0 Å². The zero-order valence-corrected chi connectivity index (χ0v) is 14.4. The fourth-order valence-corrected chi connectivity index (χ4v) is 2.53. The van der Waals surface area contributed by atoms with Crippen molar-refractivity contribution in [1.82, 2.24) is 4.90 Å². The molecule has 0 atom stereocenters. The van der Waals surface area contributed by atoms with Crippen LogP contribution in [0.2, 0.25) is 5.02 Å². The molecule has 0 saturated carbocycles. The van der Waals surface area contributed by atoms with E-state index in [1.165, 1.54) is 18.1 Å². The van der Waals surface area contributed by atoms with Crippen LogP contribution in [0.25, 0.3) is 0 Å². The number of ether oxygens (including phenoxy) is 1. The molecule has 2 rings (SSSR count). The van der Waals surface area contributed by atoms with Crippen LogP contribution >= 0.6 is 11.6 Å². The quantitative estimate of drug-likeness (QED) is 0.864. The van der Waals surface area contributed by atoms with Crippen LogP contribution in [0.1, 0.15) is 27.4 Å². The van der Waals surface area contributed by atoms with Crippen LogP contribution < -0.4 is 4.74 Å². The summed E-state index contributed by atoms with van der Waals surface area (Å²) in [6.07, 6.45) is 0.117. The van der Waals surface area contributed by atoms with Crippen molar-refractivity contribution in [2.24, 2.45) is 0 Å². The number of amides is 1.